The predicted molar refractivity (Wildman–Crippen MR) is 82.2 cm³/mol. The first-order valence-electron chi connectivity index (χ1n) is 7.85. The van der Waals surface area contributed by atoms with Crippen LogP contribution in [0.15, 0.2) is 22.8 Å². The van der Waals surface area contributed by atoms with Gasteiger partial charge in [0.15, 0.2) is 0 Å². The van der Waals surface area contributed by atoms with Crippen molar-refractivity contribution in [2.45, 2.75) is 65.2 Å². The molecule has 0 aromatic carbocycles. The van der Waals surface area contributed by atoms with E-state index in [2.05, 4.69) is 6.92 Å². The predicted octanol–water partition coefficient (Wildman–Crippen LogP) is 4.17. The van der Waals surface area contributed by atoms with Gasteiger partial charge in [-0.25, -0.2) is 9.59 Å². The van der Waals surface area contributed by atoms with E-state index in [9.17, 15) is 14.7 Å². The summed E-state index contributed by atoms with van der Waals surface area (Å²) < 4.78 is 0. The van der Waals surface area contributed by atoms with Crippen molar-refractivity contribution in [3.63, 3.8) is 0 Å². The summed E-state index contributed by atoms with van der Waals surface area (Å²) in [5.41, 5.74) is 1.23. The number of allylic oxidation sites excluding steroid dienone is 1. The van der Waals surface area contributed by atoms with Crippen molar-refractivity contribution < 1.29 is 19.8 Å². The minimum absolute atomic E-state index is 0.0807. The van der Waals surface area contributed by atoms with E-state index in [1.165, 1.54) is 19.4 Å². The molecule has 1 saturated carbocycles. The molecular weight excluding hydrogens is 268 g/mol. The average Bonchev–Trinajstić information content (AvgIpc) is 2.46. The molecule has 0 spiro atoms. The molecule has 1 fully saturated rings. The van der Waals surface area contributed by atoms with Crippen LogP contribution in [0.2, 0.25) is 0 Å². The average molecular weight is 294 g/mol. The van der Waals surface area contributed by atoms with Gasteiger partial charge in [0.05, 0.1) is 5.57 Å². The molecule has 1 rings (SSSR count). The fourth-order valence-corrected chi connectivity index (χ4v) is 2.95. The summed E-state index contributed by atoms with van der Waals surface area (Å²) in [5, 5.41) is 18.5. The Morgan fingerprint density at radius 2 is 1.71 bits per heavy atom. The molecule has 0 saturated heterocycles. The van der Waals surface area contributed by atoms with Crippen LogP contribution in [0.5, 0.6) is 0 Å². The van der Waals surface area contributed by atoms with Gasteiger partial charge in [-0.2, -0.15) is 0 Å². The van der Waals surface area contributed by atoms with E-state index < -0.39 is 11.9 Å². The SMILES string of the molecule is CCCCC(=C(C=C(C)C(=O)O)C(=O)O)C1CCCCC1. The van der Waals surface area contributed by atoms with Crippen molar-refractivity contribution in [3.05, 3.63) is 22.8 Å². The highest BCUT2D eigenvalue weighted by Crippen LogP contribution is 2.34. The minimum Gasteiger partial charge on any atom is -0.478 e. The highest BCUT2D eigenvalue weighted by molar-refractivity contribution is 5.95. The summed E-state index contributed by atoms with van der Waals surface area (Å²) in [6.07, 6.45) is 9.57. The van der Waals surface area contributed by atoms with E-state index in [1.807, 2.05) is 0 Å². The summed E-state index contributed by atoms with van der Waals surface area (Å²) in [6.45, 7) is 3.53. The molecule has 0 aromatic heterocycles. The number of carboxylic acids is 2. The monoisotopic (exact) mass is 294 g/mol. The molecule has 1 aliphatic carbocycles. The summed E-state index contributed by atoms with van der Waals surface area (Å²) in [5.74, 6) is -1.77. The fraction of sp³-hybridized carbons (Fsp3) is 0.647. The van der Waals surface area contributed by atoms with E-state index in [1.54, 1.807) is 0 Å². The smallest absolute Gasteiger partial charge is 0.335 e. The third kappa shape index (κ3) is 5.37. The lowest BCUT2D eigenvalue weighted by molar-refractivity contribution is -0.132. The molecule has 21 heavy (non-hydrogen) atoms. The number of unbranched alkanes of at least 4 members (excludes halogenated alkanes) is 1. The summed E-state index contributed by atoms with van der Waals surface area (Å²) in [6, 6.07) is 0. The molecule has 0 unspecified atom stereocenters. The van der Waals surface area contributed by atoms with Crippen LogP contribution in [-0.4, -0.2) is 22.2 Å². The van der Waals surface area contributed by atoms with Crippen molar-refractivity contribution in [2.24, 2.45) is 5.92 Å². The third-order valence-electron chi connectivity index (χ3n) is 4.17. The highest BCUT2D eigenvalue weighted by Gasteiger charge is 2.23. The molecular formula is C17H26O4. The van der Waals surface area contributed by atoms with Crippen molar-refractivity contribution in [1.82, 2.24) is 0 Å². The van der Waals surface area contributed by atoms with Gasteiger partial charge in [0.1, 0.15) is 0 Å². The van der Waals surface area contributed by atoms with Crippen molar-refractivity contribution in [1.29, 1.82) is 0 Å². The maximum absolute atomic E-state index is 11.6. The van der Waals surface area contributed by atoms with Crippen molar-refractivity contribution in [2.75, 3.05) is 0 Å². The lowest BCUT2D eigenvalue weighted by Crippen LogP contribution is -2.15. The largest absolute Gasteiger partial charge is 0.478 e. The lowest BCUT2D eigenvalue weighted by atomic mass is 9.79. The van der Waals surface area contributed by atoms with Crippen LogP contribution in [0, 0.1) is 5.92 Å². The zero-order valence-corrected chi connectivity index (χ0v) is 13.0. The van der Waals surface area contributed by atoms with Crippen LogP contribution in [0.1, 0.15) is 65.2 Å². The Bertz CT molecular complexity index is 440. The maximum atomic E-state index is 11.6. The quantitative estimate of drug-likeness (QED) is 0.546. The lowest BCUT2D eigenvalue weighted by Gasteiger charge is -2.26. The summed E-state index contributed by atoms with van der Waals surface area (Å²) in [4.78, 5) is 22.6. The number of carboxylic acid groups (broad SMARTS) is 2. The van der Waals surface area contributed by atoms with E-state index in [-0.39, 0.29) is 11.1 Å². The second kappa shape index (κ2) is 8.65. The molecule has 0 amide bonds. The molecule has 4 nitrogen and oxygen atoms in total. The molecule has 0 radical (unpaired) electrons. The molecule has 2 N–H and O–H groups in total. The van der Waals surface area contributed by atoms with Gasteiger partial charge in [-0.05, 0) is 44.6 Å². The topological polar surface area (TPSA) is 74.6 Å². The van der Waals surface area contributed by atoms with Gasteiger partial charge in [-0.15, -0.1) is 0 Å². The molecule has 0 bridgehead atoms. The summed E-state index contributed by atoms with van der Waals surface area (Å²) in [7, 11) is 0. The molecule has 0 aliphatic heterocycles. The Labute approximate surface area is 126 Å². The van der Waals surface area contributed by atoms with Gasteiger partial charge in [-0.1, -0.05) is 38.2 Å². The first-order valence-corrected chi connectivity index (χ1v) is 7.85. The van der Waals surface area contributed by atoms with Crippen molar-refractivity contribution in [3.8, 4) is 0 Å². The number of hydrogen-bond donors (Lipinski definition) is 2. The number of hydrogen-bond acceptors (Lipinski definition) is 2. The molecule has 0 aromatic rings. The zero-order valence-electron chi connectivity index (χ0n) is 13.0. The highest BCUT2D eigenvalue weighted by atomic mass is 16.4. The summed E-state index contributed by atoms with van der Waals surface area (Å²) >= 11 is 0. The van der Waals surface area contributed by atoms with Crippen LogP contribution in [0.4, 0.5) is 0 Å². The Kier molecular flexibility index (Phi) is 7.20. The van der Waals surface area contributed by atoms with Gasteiger partial charge in [0.25, 0.3) is 0 Å². The van der Waals surface area contributed by atoms with E-state index in [0.29, 0.717) is 5.92 Å². The van der Waals surface area contributed by atoms with Gasteiger partial charge in [0, 0.05) is 5.57 Å². The van der Waals surface area contributed by atoms with Gasteiger partial charge >= 0.3 is 11.9 Å². The normalized spacial score (nSPS) is 18.3. The number of rotatable bonds is 7. The van der Waals surface area contributed by atoms with Crippen LogP contribution in [0.3, 0.4) is 0 Å². The Balaban J connectivity index is 3.19. The standard InChI is InChI=1S/C17H26O4/c1-3-4-10-14(13-8-6-5-7-9-13)15(17(20)21)11-12(2)16(18)19/h11,13H,3-10H2,1-2H3,(H,18,19)(H,20,21). The van der Waals surface area contributed by atoms with Gasteiger partial charge < -0.3 is 10.2 Å². The Hall–Kier alpha value is -1.58. The van der Waals surface area contributed by atoms with Gasteiger partial charge in [0.2, 0.25) is 0 Å². The van der Waals surface area contributed by atoms with Crippen LogP contribution in [-0.2, 0) is 9.59 Å². The third-order valence-corrected chi connectivity index (χ3v) is 4.17. The number of aliphatic carboxylic acids is 2. The molecule has 118 valence electrons. The van der Waals surface area contributed by atoms with Gasteiger partial charge in [-0.3, -0.25) is 0 Å². The fourth-order valence-electron chi connectivity index (χ4n) is 2.95. The molecule has 0 heterocycles. The van der Waals surface area contributed by atoms with E-state index >= 15 is 0 Å². The first kappa shape index (κ1) is 17.5. The molecule has 0 atom stereocenters. The zero-order chi connectivity index (χ0) is 15.8. The molecule has 1 aliphatic rings. The Morgan fingerprint density at radius 3 is 2.19 bits per heavy atom. The van der Waals surface area contributed by atoms with Crippen molar-refractivity contribution >= 4 is 11.9 Å². The maximum Gasteiger partial charge on any atom is 0.335 e. The first-order chi connectivity index (χ1) is 9.97. The number of carbonyl (C=O) groups is 2. The van der Waals surface area contributed by atoms with Crippen LogP contribution >= 0.6 is 0 Å². The second-order valence-corrected chi connectivity index (χ2v) is 5.82. The van der Waals surface area contributed by atoms with E-state index in [4.69, 9.17) is 5.11 Å². The Morgan fingerprint density at radius 1 is 1.10 bits per heavy atom. The molecule has 4 heteroatoms. The van der Waals surface area contributed by atoms with Crippen LogP contribution < -0.4 is 0 Å². The van der Waals surface area contributed by atoms with Crippen LogP contribution in [0.25, 0.3) is 0 Å². The second-order valence-electron chi connectivity index (χ2n) is 5.82. The minimum atomic E-state index is -1.06. The van der Waals surface area contributed by atoms with E-state index in [0.717, 1.165) is 50.5 Å².